The second-order valence-electron chi connectivity index (χ2n) is 6.42. The minimum atomic E-state index is -3.64. The first-order valence-electron chi connectivity index (χ1n) is 9.00. The summed E-state index contributed by atoms with van der Waals surface area (Å²) >= 11 is 0. The standard InChI is InChI=1S/C20H22N2O4S.ClH/c23-27(24,17-5-2-1-3-6-17)22-10-9-18-19(22)7-4-8-20(18)26-16-13-21-11-14-25-15-12-21;/h1-10H,11-16H2;1H. The molecular weight excluding hydrogens is 400 g/mol. The van der Waals surface area contributed by atoms with Gasteiger partial charge in [-0.1, -0.05) is 24.3 Å². The van der Waals surface area contributed by atoms with E-state index in [1.54, 1.807) is 48.7 Å². The van der Waals surface area contributed by atoms with Crippen molar-refractivity contribution in [1.82, 2.24) is 8.87 Å². The molecule has 4 rings (SSSR count). The third-order valence-electron chi connectivity index (χ3n) is 4.73. The van der Waals surface area contributed by atoms with Crippen molar-refractivity contribution in [1.29, 1.82) is 0 Å². The Labute approximate surface area is 171 Å². The molecule has 1 aromatic heterocycles. The Morgan fingerprint density at radius 1 is 0.964 bits per heavy atom. The third kappa shape index (κ3) is 4.17. The number of hydrogen-bond acceptors (Lipinski definition) is 5. The molecule has 1 aliphatic heterocycles. The van der Waals surface area contributed by atoms with E-state index in [1.807, 2.05) is 12.1 Å². The van der Waals surface area contributed by atoms with E-state index in [-0.39, 0.29) is 17.3 Å². The first-order valence-corrected chi connectivity index (χ1v) is 10.4. The Kier molecular flexibility index (Phi) is 6.61. The van der Waals surface area contributed by atoms with Gasteiger partial charge in [-0.3, -0.25) is 4.90 Å². The van der Waals surface area contributed by atoms with Crippen molar-refractivity contribution < 1.29 is 17.9 Å². The molecule has 0 bridgehead atoms. The second-order valence-corrected chi connectivity index (χ2v) is 8.24. The second kappa shape index (κ2) is 8.96. The van der Waals surface area contributed by atoms with Crippen molar-refractivity contribution >= 4 is 33.3 Å². The predicted molar refractivity (Wildman–Crippen MR) is 111 cm³/mol. The van der Waals surface area contributed by atoms with Crippen LogP contribution in [0.2, 0.25) is 0 Å². The van der Waals surface area contributed by atoms with E-state index in [2.05, 4.69) is 4.90 Å². The Hall–Kier alpha value is -2.06. The molecule has 2 aromatic carbocycles. The van der Waals surface area contributed by atoms with Crippen LogP contribution >= 0.6 is 12.4 Å². The maximum Gasteiger partial charge on any atom is 0.268 e. The molecule has 1 aliphatic rings. The predicted octanol–water partition coefficient (Wildman–Crippen LogP) is 3.01. The largest absolute Gasteiger partial charge is 0.492 e. The zero-order valence-corrected chi connectivity index (χ0v) is 17.0. The molecule has 1 fully saturated rings. The maximum absolute atomic E-state index is 12.9. The summed E-state index contributed by atoms with van der Waals surface area (Å²) in [5.41, 5.74) is 0.614. The third-order valence-corrected chi connectivity index (χ3v) is 6.43. The highest BCUT2D eigenvalue weighted by Gasteiger charge is 2.19. The number of fused-ring (bicyclic) bond motifs is 1. The fraction of sp³-hybridized carbons (Fsp3) is 0.300. The zero-order valence-electron chi connectivity index (χ0n) is 15.4. The first kappa shape index (κ1) is 20.7. The molecule has 0 aliphatic carbocycles. The van der Waals surface area contributed by atoms with Crippen molar-refractivity contribution in [3.8, 4) is 5.75 Å². The van der Waals surface area contributed by atoms with E-state index in [9.17, 15) is 8.42 Å². The van der Waals surface area contributed by atoms with Gasteiger partial charge in [0.15, 0.2) is 0 Å². The van der Waals surface area contributed by atoms with Crippen LogP contribution in [0.25, 0.3) is 10.9 Å². The summed E-state index contributed by atoms with van der Waals surface area (Å²) in [5, 5.41) is 0.791. The van der Waals surface area contributed by atoms with E-state index < -0.39 is 10.0 Å². The number of rotatable bonds is 6. The van der Waals surface area contributed by atoms with Crippen LogP contribution in [0.4, 0.5) is 0 Å². The van der Waals surface area contributed by atoms with Crippen molar-refractivity contribution in [2.45, 2.75) is 4.90 Å². The Morgan fingerprint density at radius 3 is 2.46 bits per heavy atom. The number of morpholine rings is 1. The lowest BCUT2D eigenvalue weighted by Crippen LogP contribution is -2.38. The van der Waals surface area contributed by atoms with Gasteiger partial charge in [0, 0.05) is 31.2 Å². The van der Waals surface area contributed by atoms with Crippen molar-refractivity contribution in [2.24, 2.45) is 0 Å². The molecule has 150 valence electrons. The summed E-state index contributed by atoms with van der Waals surface area (Å²) in [5.74, 6) is 0.697. The zero-order chi connectivity index (χ0) is 18.7. The quantitative estimate of drug-likeness (QED) is 0.611. The fourth-order valence-corrected chi connectivity index (χ4v) is 4.63. The minimum Gasteiger partial charge on any atom is -0.492 e. The number of benzene rings is 2. The molecule has 0 N–H and O–H groups in total. The summed E-state index contributed by atoms with van der Waals surface area (Å²) in [6.07, 6.45) is 1.59. The fourth-order valence-electron chi connectivity index (χ4n) is 3.27. The summed E-state index contributed by atoms with van der Waals surface area (Å²) in [7, 11) is -3.64. The van der Waals surface area contributed by atoms with E-state index >= 15 is 0 Å². The Balaban J connectivity index is 0.00000225. The van der Waals surface area contributed by atoms with Crippen molar-refractivity contribution in [3.63, 3.8) is 0 Å². The average Bonchev–Trinajstić information content (AvgIpc) is 3.15. The first-order chi connectivity index (χ1) is 13.2. The minimum absolute atomic E-state index is 0. The van der Waals surface area contributed by atoms with Crippen LogP contribution in [0, 0.1) is 0 Å². The van der Waals surface area contributed by atoms with Gasteiger partial charge in [0.2, 0.25) is 0 Å². The lowest BCUT2D eigenvalue weighted by atomic mass is 10.2. The molecule has 0 amide bonds. The Bertz CT molecular complexity index is 1020. The monoisotopic (exact) mass is 422 g/mol. The molecule has 0 radical (unpaired) electrons. The smallest absolute Gasteiger partial charge is 0.268 e. The van der Waals surface area contributed by atoms with E-state index in [0.717, 1.165) is 38.2 Å². The van der Waals surface area contributed by atoms with E-state index in [4.69, 9.17) is 9.47 Å². The Morgan fingerprint density at radius 2 is 1.71 bits per heavy atom. The highest BCUT2D eigenvalue weighted by atomic mass is 35.5. The highest BCUT2D eigenvalue weighted by molar-refractivity contribution is 7.90. The summed E-state index contributed by atoms with van der Waals surface area (Å²) in [6, 6.07) is 15.7. The van der Waals surface area contributed by atoms with Crippen LogP contribution in [0.5, 0.6) is 5.75 Å². The van der Waals surface area contributed by atoms with Gasteiger partial charge in [-0.15, -0.1) is 12.4 Å². The van der Waals surface area contributed by atoms with Crippen LogP contribution in [0.1, 0.15) is 0 Å². The molecule has 8 heteroatoms. The molecule has 3 aromatic rings. The molecule has 0 atom stereocenters. The van der Waals surface area contributed by atoms with Crippen LogP contribution < -0.4 is 4.74 Å². The van der Waals surface area contributed by atoms with E-state index in [1.165, 1.54) is 3.97 Å². The van der Waals surface area contributed by atoms with Gasteiger partial charge in [0.1, 0.15) is 12.4 Å². The average molecular weight is 423 g/mol. The maximum atomic E-state index is 12.9. The number of nitrogens with zero attached hydrogens (tertiary/aromatic N) is 2. The molecule has 28 heavy (non-hydrogen) atoms. The van der Waals surface area contributed by atoms with Crippen LogP contribution in [0.3, 0.4) is 0 Å². The SMILES string of the molecule is Cl.O=S(=O)(c1ccccc1)n1ccc2c(OCCN3CCOCC3)cccc21. The van der Waals surface area contributed by atoms with Gasteiger partial charge >= 0.3 is 0 Å². The number of halogens is 1. The van der Waals surface area contributed by atoms with Gasteiger partial charge in [-0.25, -0.2) is 12.4 Å². The van der Waals surface area contributed by atoms with E-state index in [0.29, 0.717) is 17.9 Å². The summed E-state index contributed by atoms with van der Waals surface area (Å²) in [6.45, 7) is 4.72. The number of ether oxygens (including phenoxy) is 2. The molecule has 6 nitrogen and oxygen atoms in total. The lowest BCUT2D eigenvalue weighted by Gasteiger charge is -2.26. The summed E-state index contributed by atoms with van der Waals surface area (Å²) in [4.78, 5) is 2.57. The van der Waals surface area contributed by atoms with Crippen LogP contribution in [0.15, 0.2) is 65.7 Å². The molecule has 0 unspecified atom stereocenters. The highest BCUT2D eigenvalue weighted by Crippen LogP contribution is 2.29. The van der Waals surface area contributed by atoms with Gasteiger partial charge in [-0.2, -0.15) is 0 Å². The van der Waals surface area contributed by atoms with Crippen molar-refractivity contribution in [3.05, 3.63) is 60.8 Å². The normalized spacial score (nSPS) is 15.3. The van der Waals surface area contributed by atoms with Gasteiger partial charge in [0.05, 0.1) is 23.6 Å². The van der Waals surface area contributed by atoms with Gasteiger partial charge in [-0.05, 0) is 30.3 Å². The van der Waals surface area contributed by atoms with Crippen LogP contribution in [-0.2, 0) is 14.8 Å². The summed E-state index contributed by atoms with van der Waals surface area (Å²) < 4.78 is 38.5. The number of hydrogen-bond donors (Lipinski definition) is 0. The van der Waals surface area contributed by atoms with Crippen LogP contribution in [-0.4, -0.2) is 56.7 Å². The topological polar surface area (TPSA) is 60.8 Å². The molecule has 0 spiro atoms. The molecule has 2 heterocycles. The van der Waals surface area contributed by atoms with Gasteiger partial charge < -0.3 is 9.47 Å². The van der Waals surface area contributed by atoms with Crippen molar-refractivity contribution in [2.75, 3.05) is 39.5 Å². The molecular formula is C20H23ClN2O4S. The molecule has 1 saturated heterocycles. The number of aromatic nitrogens is 1. The molecule has 0 saturated carbocycles. The lowest BCUT2D eigenvalue weighted by molar-refractivity contribution is 0.0323. The van der Waals surface area contributed by atoms with Gasteiger partial charge in [0.25, 0.3) is 10.0 Å².